The molecule has 0 saturated carbocycles. The normalized spacial score (nSPS) is 19.0. The van der Waals surface area contributed by atoms with Crippen LogP contribution in [-0.2, 0) is 5.60 Å². The molecule has 2 atom stereocenters. The van der Waals surface area contributed by atoms with Gasteiger partial charge in [-0.25, -0.2) is 0 Å². The summed E-state index contributed by atoms with van der Waals surface area (Å²) in [6, 6.07) is 16.5. The predicted octanol–water partition coefficient (Wildman–Crippen LogP) is 5.11. The summed E-state index contributed by atoms with van der Waals surface area (Å²) in [6.45, 7) is 4.23. The molecule has 0 amide bonds. The minimum absolute atomic E-state index is 0.00494. The molecule has 2 aromatic carbocycles. The molecule has 0 bridgehead atoms. The van der Waals surface area contributed by atoms with Crippen LogP contribution >= 0.6 is 34.8 Å². The second-order valence-corrected chi connectivity index (χ2v) is 9.59. The first-order valence-corrected chi connectivity index (χ1v) is 11.5. The second kappa shape index (κ2) is 9.46. The molecule has 2 heterocycles. The lowest BCUT2D eigenvalue weighted by atomic mass is 9.94. The van der Waals surface area contributed by atoms with Crippen molar-refractivity contribution >= 4 is 40.5 Å². The van der Waals surface area contributed by atoms with Crippen LogP contribution in [0, 0.1) is 0 Å². The van der Waals surface area contributed by atoms with Gasteiger partial charge >= 0.3 is 0 Å². The van der Waals surface area contributed by atoms with E-state index in [-0.39, 0.29) is 11.6 Å². The van der Waals surface area contributed by atoms with Crippen LogP contribution < -0.4 is 10.5 Å². The van der Waals surface area contributed by atoms with Gasteiger partial charge in [0.05, 0.1) is 22.4 Å². The molecule has 0 aliphatic carbocycles. The summed E-state index contributed by atoms with van der Waals surface area (Å²) in [5.41, 5.74) is 1.20. The van der Waals surface area contributed by atoms with E-state index in [1.54, 1.807) is 25.3 Å². The lowest BCUT2D eigenvalue weighted by Gasteiger charge is -2.45. The Hall–Kier alpha value is -2.02. The Labute approximate surface area is 202 Å². The van der Waals surface area contributed by atoms with Crippen molar-refractivity contribution in [3.63, 3.8) is 0 Å². The summed E-state index contributed by atoms with van der Waals surface area (Å²) >= 11 is 18.8. The van der Waals surface area contributed by atoms with Crippen LogP contribution in [-0.4, -0.2) is 41.2 Å². The van der Waals surface area contributed by atoms with E-state index in [0.717, 1.165) is 17.8 Å². The number of H-pyrrole nitrogens is 1. The number of anilines is 1. The summed E-state index contributed by atoms with van der Waals surface area (Å²) in [5.74, 6) is 0. The number of hydrogen-bond acceptors (Lipinski definition) is 4. The third-order valence-electron chi connectivity index (χ3n) is 5.87. The van der Waals surface area contributed by atoms with Gasteiger partial charge in [0.1, 0.15) is 0 Å². The Bertz CT molecular complexity index is 1150. The number of nitrogens with zero attached hydrogens (tertiary/aromatic N) is 2. The molecule has 1 unspecified atom stereocenters. The van der Waals surface area contributed by atoms with Crippen molar-refractivity contribution in [3.8, 4) is 0 Å². The molecule has 0 spiro atoms. The van der Waals surface area contributed by atoms with Crippen LogP contribution in [0.25, 0.3) is 0 Å². The predicted molar refractivity (Wildman–Crippen MR) is 131 cm³/mol. The average molecular weight is 493 g/mol. The molecular formula is C24H24Cl3N3O2. The van der Waals surface area contributed by atoms with Crippen LogP contribution in [0.2, 0.25) is 15.1 Å². The first kappa shape index (κ1) is 23.1. The Balaban J connectivity index is 1.62. The van der Waals surface area contributed by atoms with Crippen LogP contribution in [0.1, 0.15) is 24.1 Å². The topological polar surface area (TPSA) is 59.6 Å². The van der Waals surface area contributed by atoms with Crippen LogP contribution in [0.3, 0.4) is 0 Å². The standard InChI is InChI=1S/C24H24Cl3N3O2/c1-24(32,17-8-9-28-23(31)12-17)15-29-10-11-30(21-7-6-19(26)13-20(21)27)22(14-29)16-2-4-18(25)5-3-16/h2-9,12-13,22,32H,10-11,14-15H2,1H3,(H,28,31)/t22?,24-/m1/s1. The van der Waals surface area contributed by atoms with Gasteiger partial charge in [-0.05, 0) is 54.4 Å². The Morgan fingerprint density at radius 1 is 1.03 bits per heavy atom. The lowest BCUT2D eigenvalue weighted by molar-refractivity contribution is 0.0101. The summed E-state index contributed by atoms with van der Waals surface area (Å²) in [7, 11) is 0. The van der Waals surface area contributed by atoms with Gasteiger partial charge < -0.3 is 15.0 Å². The molecule has 1 fully saturated rings. The maximum Gasteiger partial charge on any atom is 0.248 e. The number of halogens is 3. The highest BCUT2D eigenvalue weighted by atomic mass is 35.5. The number of nitrogens with one attached hydrogen (secondary N) is 1. The zero-order valence-corrected chi connectivity index (χ0v) is 19.8. The van der Waals surface area contributed by atoms with Gasteiger partial charge in [0.25, 0.3) is 0 Å². The number of rotatable bonds is 5. The number of pyridine rings is 1. The Kier molecular flexibility index (Phi) is 6.84. The van der Waals surface area contributed by atoms with Crippen molar-refractivity contribution < 1.29 is 5.11 Å². The molecule has 3 aromatic rings. The van der Waals surface area contributed by atoms with Crippen LogP contribution in [0.5, 0.6) is 0 Å². The fraction of sp³-hybridized carbons (Fsp3) is 0.292. The number of β-amino-alcohol motifs (C(OH)–C–C–N with tert-alkyl or cyclic N) is 1. The van der Waals surface area contributed by atoms with Crippen molar-refractivity contribution in [2.45, 2.75) is 18.6 Å². The van der Waals surface area contributed by atoms with E-state index < -0.39 is 5.60 Å². The minimum atomic E-state index is -1.17. The van der Waals surface area contributed by atoms with E-state index >= 15 is 0 Å². The number of benzene rings is 2. The average Bonchev–Trinajstić information content (AvgIpc) is 2.74. The molecule has 4 rings (SSSR count). The minimum Gasteiger partial charge on any atom is -0.384 e. The first-order chi connectivity index (χ1) is 15.2. The number of piperazine rings is 1. The summed E-state index contributed by atoms with van der Waals surface area (Å²) in [6.07, 6.45) is 1.56. The van der Waals surface area contributed by atoms with Crippen LogP contribution in [0.15, 0.2) is 65.6 Å². The van der Waals surface area contributed by atoms with Crippen LogP contribution in [0.4, 0.5) is 5.69 Å². The molecule has 32 heavy (non-hydrogen) atoms. The van der Waals surface area contributed by atoms with E-state index in [4.69, 9.17) is 34.8 Å². The summed E-state index contributed by atoms with van der Waals surface area (Å²) in [4.78, 5) is 18.8. The van der Waals surface area contributed by atoms with Gasteiger partial charge in [0, 0.05) is 48.5 Å². The van der Waals surface area contributed by atoms with Crippen molar-refractivity contribution in [3.05, 3.63) is 97.3 Å². The van der Waals surface area contributed by atoms with Gasteiger partial charge in [-0.1, -0.05) is 46.9 Å². The maximum absolute atomic E-state index is 11.7. The van der Waals surface area contributed by atoms with E-state index in [1.807, 2.05) is 36.4 Å². The van der Waals surface area contributed by atoms with Crippen molar-refractivity contribution in [2.75, 3.05) is 31.1 Å². The zero-order valence-electron chi connectivity index (χ0n) is 17.6. The molecular weight excluding hydrogens is 469 g/mol. The molecule has 168 valence electrons. The number of aromatic amines is 1. The smallest absolute Gasteiger partial charge is 0.248 e. The third kappa shape index (κ3) is 5.13. The van der Waals surface area contributed by atoms with Gasteiger partial charge in [-0.3, -0.25) is 9.69 Å². The molecule has 5 nitrogen and oxygen atoms in total. The third-order valence-corrected chi connectivity index (χ3v) is 6.66. The Morgan fingerprint density at radius 2 is 1.75 bits per heavy atom. The van der Waals surface area contributed by atoms with Gasteiger partial charge in [0.2, 0.25) is 5.56 Å². The number of aromatic nitrogens is 1. The Morgan fingerprint density at radius 3 is 2.44 bits per heavy atom. The molecule has 1 saturated heterocycles. The molecule has 0 radical (unpaired) electrons. The van der Waals surface area contributed by atoms with Crippen molar-refractivity contribution in [1.29, 1.82) is 0 Å². The van der Waals surface area contributed by atoms with Crippen molar-refractivity contribution in [2.24, 2.45) is 0 Å². The first-order valence-electron chi connectivity index (χ1n) is 10.3. The fourth-order valence-electron chi connectivity index (χ4n) is 4.26. The number of hydrogen-bond donors (Lipinski definition) is 2. The van der Waals surface area contributed by atoms with E-state index in [0.29, 0.717) is 40.3 Å². The highest BCUT2D eigenvalue weighted by Crippen LogP contribution is 2.37. The lowest BCUT2D eigenvalue weighted by Crippen LogP contribution is -2.52. The van der Waals surface area contributed by atoms with E-state index in [2.05, 4.69) is 14.8 Å². The monoisotopic (exact) mass is 491 g/mol. The van der Waals surface area contributed by atoms with E-state index in [9.17, 15) is 9.90 Å². The quantitative estimate of drug-likeness (QED) is 0.520. The van der Waals surface area contributed by atoms with E-state index in [1.165, 1.54) is 6.07 Å². The summed E-state index contributed by atoms with van der Waals surface area (Å²) in [5, 5.41) is 13.0. The zero-order chi connectivity index (χ0) is 22.9. The largest absolute Gasteiger partial charge is 0.384 e. The SMILES string of the molecule is C[C@@](O)(CN1CCN(c2ccc(Cl)cc2Cl)C(c2ccc(Cl)cc2)C1)c1cc[nH]c(=O)c1. The van der Waals surface area contributed by atoms with Crippen molar-refractivity contribution in [1.82, 2.24) is 9.88 Å². The van der Waals surface area contributed by atoms with Gasteiger partial charge in [-0.2, -0.15) is 0 Å². The molecule has 1 aliphatic heterocycles. The molecule has 1 aromatic heterocycles. The number of aliphatic hydroxyl groups is 1. The summed E-state index contributed by atoms with van der Waals surface area (Å²) < 4.78 is 0. The van der Waals surface area contributed by atoms with Gasteiger partial charge in [0.15, 0.2) is 0 Å². The maximum atomic E-state index is 11.7. The molecule has 2 N–H and O–H groups in total. The highest BCUT2D eigenvalue weighted by Gasteiger charge is 2.34. The second-order valence-electron chi connectivity index (χ2n) is 8.31. The fourth-order valence-corrected chi connectivity index (χ4v) is 4.91. The van der Waals surface area contributed by atoms with Gasteiger partial charge in [-0.15, -0.1) is 0 Å². The molecule has 8 heteroatoms. The molecule has 1 aliphatic rings. The highest BCUT2D eigenvalue weighted by molar-refractivity contribution is 6.36.